The van der Waals surface area contributed by atoms with Crippen molar-refractivity contribution in [2.45, 2.75) is 25.6 Å². The largest absolute Gasteiger partial charge is 0.416 e. The van der Waals surface area contributed by atoms with Crippen molar-refractivity contribution in [1.29, 1.82) is 0 Å². The smallest absolute Gasteiger partial charge is 0.383 e. The quantitative estimate of drug-likeness (QED) is 0.886. The standard InChI is InChI=1S/C14H13F3OS/c1-2-11-7-8-12(19-11)13(18)9-3-5-10(6-4-9)14(15,16)17/h3-8,13,18H,2H2,1H3. The van der Waals surface area contributed by atoms with Crippen LogP contribution in [0.2, 0.25) is 0 Å². The lowest BCUT2D eigenvalue weighted by atomic mass is 10.1. The normalized spacial score (nSPS) is 13.5. The zero-order valence-corrected chi connectivity index (χ0v) is 11.1. The molecule has 1 heterocycles. The molecule has 0 saturated heterocycles. The summed E-state index contributed by atoms with van der Waals surface area (Å²) < 4.78 is 37.3. The fourth-order valence-corrected chi connectivity index (χ4v) is 2.72. The van der Waals surface area contributed by atoms with Gasteiger partial charge >= 0.3 is 6.18 Å². The van der Waals surface area contributed by atoms with Crippen LogP contribution in [0.4, 0.5) is 13.2 Å². The van der Waals surface area contributed by atoms with Gasteiger partial charge in [0.25, 0.3) is 0 Å². The molecule has 0 bridgehead atoms. The van der Waals surface area contributed by atoms with E-state index >= 15 is 0 Å². The zero-order chi connectivity index (χ0) is 14.0. The first-order chi connectivity index (χ1) is 8.91. The van der Waals surface area contributed by atoms with Gasteiger partial charge < -0.3 is 5.11 Å². The Morgan fingerprint density at radius 1 is 1.11 bits per heavy atom. The molecule has 0 fully saturated rings. The predicted molar refractivity (Wildman–Crippen MR) is 69.2 cm³/mol. The molecule has 2 rings (SSSR count). The highest BCUT2D eigenvalue weighted by atomic mass is 32.1. The third-order valence-corrected chi connectivity index (χ3v) is 4.14. The minimum Gasteiger partial charge on any atom is -0.383 e. The summed E-state index contributed by atoms with van der Waals surface area (Å²) in [6.07, 6.45) is -4.33. The third-order valence-electron chi connectivity index (χ3n) is 2.85. The van der Waals surface area contributed by atoms with E-state index in [-0.39, 0.29) is 0 Å². The van der Waals surface area contributed by atoms with Gasteiger partial charge in [-0.25, -0.2) is 0 Å². The van der Waals surface area contributed by atoms with E-state index in [1.807, 2.05) is 19.1 Å². The molecule has 0 radical (unpaired) electrons. The van der Waals surface area contributed by atoms with Gasteiger partial charge in [0.1, 0.15) is 6.10 Å². The Labute approximate surface area is 113 Å². The number of aliphatic hydroxyl groups excluding tert-OH is 1. The molecule has 102 valence electrons. The van der Waals surface area contributed by atoms with Crippen molar-refractivity contribution in [2.24, 2.45) is 0 Å². The fourth-order valence-electron chi connectivity index (χ4n) is 1.75. The molecule has 1 N–H and O–H groups in total. The van der Waals surface area contributed by atoms with Crippen LogP contribution in [0.3, 0.4) is 0 Å². The summed E-state index contributed by atoms with van der Waals surface area (Å²) in [4.78, 5) is 1.89. The zero-order valence-electron chi connectivity index (χ0n) is 10.2. The van der Waals surface area contributed by atoms with Gasteiger partial charge in [-0.3, -0.25) is 0 Å². The molecule has 1 atom stereocenters. The van der Waals surface area contributed by atoms with Crippen LogP contribution in [0.15, 0.2) is 36.4 Å². The Morgan fingerprint density at radius 2 is 1.74 bits per heavy atom. The van der Waals surface area contributed by atoms with Gasteiger partial charge in [0.2, 0.25) is 0 Å². The molecule has 1 nitrogen and oxygen atoms in total. The van der Waals surface area contributed by atoms with Gasteiger partial charge in [-0.1, -0.05) is 19.1 Å². The molecule has 0 amide bonds. The first kappa shape index (κ1) is 14.1. The summed E-state index contributed by atoms with van der Waals surface area (Å²) in [5.74, 6) is 0. The number of halogens is 3. The van der Waals surface area contributed by atoms with Crippen molar-refractivity contribution < 1.29 is 18.3 Å². The third kappa shape index (κ3) is 3.16. The van der Waals surface area contributed by atoms with Crippen LogP contribution in [-0.4, -0.2) is 5.11 Å². The molecule has 5 heteroatoms. The maximum absolute atomic E-state index is 12.4. The summed E-state index contributed by atoms with van der Waals surface area (Å²) in [6, 6.07) is 8.36. The number of aryl methyl sites for hydroxylation is 1. The summed E-state index contributed by atoms with van der Waals surface area (Å²) in [6.45, 7) is 2.01. The predicted octanol–water partition coefficient (Wildman–Crippen LogP) is 4.41. The summed E-state index contributed by atoms with van der Waals surface area (Å²) in [5.41, 5.74) is -0.235. The molecule has 2 aromatic rings. The van der Waals surface area contributed by atoms with Crippen LogP contribution in [0.1, 0.15) is 33.9 Å². The molecule has 1 aromatic carbocycles. The minimum absolute atomic E-state index is 0.470. The van der Waals surface area contributed by atoms with Crippen LogP contribution >= 0.6 is 11.3 Å². The Morgan fingerprint density at radius 3 is 2.21 bits per heavy atom. The van der Waals surface area contributed by atoms with Gasteiger partial charge in [-0.2, -0.15) is 13.2 Å². The lowest BCUT2D eigenvalue weighted by Crippen LogP contribution is -2.05. The molecular formula is C14H13F3OS. The molecule has 0 aliphatic heterocycles. The molecule has 0 saturated carbocycles. The van der Waals surface area contributed by atoms with E-state index in [1.165, 1.54) is 23.5 Å². The van der Waals surface area contributed by atoms with E-state index in [0.29, 0.717) is 5.56 Å². The van der Waals surface area contributed by atoms with E-state index < -0.39 is 17.8 Å². The molecule has 0 spiro atoms. The molecule has 1 unspecified atom stereocenters. The second-order valence-electron chi connectivity index (χ2n) is 4.18. The molecule has 19 heavy (non-hydrogen) atoms. The van der Waals surface area contributed by atoms with Crippen molar-refractivity contribution in [2.75, 3.05) is 0 Å². The maximum atomic E-state index is 12.4. The maximum Gasteiger partial charge on any atom is 0.416 e. The van der Waals surface area contributed by atoms with E-state index in [9.17, 15) is 18.3 Å². The number of thiophene rings is 1. The highest BCUT2D eigenvalue weighted by Gasteiger charge is 2.30. The Hall–Kier alpha value is -1.33. The number of benzene rings is 1. The van der Waals surface area contributed by atoms with Gasteiger partial charge in [-0.05, 0) is 36.2 Å². The van der Waals surface area contributed by atoms with Crippen LogP contribution in [-0.2, 0) is 12.6 Å². The molecule has 0 aliphatic rings. The van der Waals surface area contributed by atoms with Crippen LogP contribution in [0.25, 0.3) is 0 Å². The SMILES string of the molecule is CCc1ccc(C(O)c2ccc(C(F)(F)F)cc2)s1. The Balaban J connectivity index is 2.22. The Kier molecular flexibility index (Phi) is 3.96. The van der Waals surface area contributed by atoms with Gasteiger partial charge in [0.15, 0.2) is 0 Å². The average Bonchev–Trinajstić information content (AvgIpc) is 2.86. The Bertz CT molecular complexity index is 543. The summed E-state index contributed by atoms with van der Waals surface area (Å²) in [5, 5.41) is 10.1. The number of hydrogen-bond acceptors (Lipinski definition) is 2. The van der Waals surface area contributed by atoms with Gasteiger partial charge in [0.05, 0.1) is 5.56 Å². The van der Waals surface area contributed by atoms with Crippen molar-refractivity contribution >= 4 is 11.3 Å². The second kappa shape index (κ2) is 5.35. The van der Waals surface area contributed by atoms with Gasteiger partial charge in [-0.15, -0.1) is 11.3 Å². The van der Waals surface area contributed by atoms with E-state index in [2.05, 4.69) is 0 Å². The van der Waals surface area contributed by atoms with Crippen LogP contribution < -0.4 is 0 Å². The lowest BCUT2D eigenvalue weighted by Gasteiger charge is -2.11. The average molecular weight is 286 g/mol. The van der Waals surface area contributed by atoms with Crippen molar-refractivity contribution in [1.82, 2.24) is 0 Å². The first-order valence-electron chi connectivity index (χ1n) is 5.85. The number of hydrogen-bond donors (Lipinski definition) is 1. The minimum atomic E-state index is -4.35. The highest BCUT2D eigenvalue weighted by molar-refractivity contribution is 7.12. The molecule has 1 aromatic heterocycles. The van der Waals surface area contributed by atoms with E-state index in [1.54, 1.807) is 0 Å². The number of aliphatic hydroxyl groups is 1. The van der Waals surface area contributed by atoms with Gasteiger partial charge in [0, 0.05) is 9.75 Å². The number of alkyl halides is 3. The van der Waals surface area contributed by atoms with Crippen molar-refractivity contribution in [3.05, 3.63) is 57.3 Å². The van der Waals surface area contributed by atoms with Crippen molar-refractivity contribution in [3.8, 4) is 0 Å². The first-order valence-corrected chi connectivity index (χ1v) is 6.67. The fraction of sp³-hybridized carbons (Fsp3) is 0.286. The number of rotatable bonds is 3. The highest BCUT2D eigenvalue weighted by Crippen LogP contribution is 2.32. The molecule has 0 aliphatic carbocycles. The summed E-state index contributed by atoms with van der Waals surface area (Å²) in [7, 11) is 0. The monoisotopic (exact) mass is 286 g/mol. The van der Waals surface area contributed by atoms with E-state index in [0.717, 1.165) is 28.3 Å². The van der Waals surface area contributed by atoms with E-state index in [4.69, 9.17) is 0 Å². The van der Waals surface area contributed by atoms with Crippen LogP contribution in [0, 0.1) is 0 Å². The van der Waals surface area contributed by atoms with Crippen molar-refractivity contribution in [3.63, 3.8) is 0 Å². The topological polar surface area (TPSA) is 20.2 Å². The second-order valence-corrected chi connectivity index (χ2v) is 5.38. The molecular weight excluding hydrogens is 273 g/mol. The lowest BCUT2D eigenvalue weighted by molar-refractivity contribution is -0.137. The van der Waals surface area contributed by atoms with Crippen LogP contribution in [0.5, 0.6) is 0 Å². The summed E-state index contributed by atoms with van der Waals surface area (Å²) >= 11 is 1.47.